The highest BCUT2D eigenvalue weighted by Gasteiger charge is 2.44. The quantitative estimate of drug-likeness (QED) is 0.493. The third kappa shape index (κ3) is 3.45. The fourth-order valence-electron chi connectivity index (χ4n) is 0.513. The van der Waals surface area contributed by atoms with Crippen LogP contribution < -0.4 is 0 Å². The highest BCUT2D eigenvalue weighted by atomic mass is 32.1. The summed E-state index contributed by atoms with van der Waals surface area (Å²) in [6.45, 7) is 0. The van der Waals surface area contributed by atoms with E-state index in [1.54, 1.807) is 0 Å². The molecular weight excluding hydrogens is 171 g/mol. The summed E-state index contributed by atoms with van der Waals surface area (Å²) in [5.41, 5.74) is 0. The van der Waals surface area contributed by atoms with Crippen LogP contribution in [0, 0.1) is 0 Å². The molecule has 0 bridgehead atoms. The standard InChI is InChI=1S/C5H7B2F3S/c6-4(7,2-1-3-11)5(8,9)10/h11H,1-3H2. The summed E-state index contributed by atoms with van der Waals surface area (Å²) in [5, 5.41) is -2.56. The molecule has 0 aliphatic rings. The van der Waals surface area contributed by atoms with Crippen molar-refractivity contribution < 1.29 is 13.2 Å². The van der Waals surface area contributed by atoms with Crippen LogP contribution in [0.2, 0.25) is 5.21 Å². The molecule has 0 nitrogen and oxygen atoms in total. The van der Waals surface area contributed by atoms with Crippen LogP contribution in [0.4, 0.5) is 13.2 Å². The van der Waals surface area contributed by atoms with E-state index in [2.05, 4.69) is 12.6 Å². The lowest BCUT2D eigenvalue weighted by atomic mass is 9.52. The molecule has 0 aliphatic heterocycles. The zero-order valence-corrected chi connectivity index (χ0v) is 6.75. The van der Waals surface area contributed by atoms with E-state index in [0.29, 0.717) is 5.75 Å². The van der Waals surface area contributed by atoms with Gasteiger partial charge in [0.25, 0.3) is 0 Å². The van der Waals surface area contributed by atoms with Crippen molar-refractivity contribution in [2.45, 2.75) is 24.2 Å². The van der Waals surface area contributed by atoms with Crippen molar-refractivity contribution in [1.82, 2.24) is 0 Å². The first-order valence-corrected chi connectivity index (χ1v) is 3.70. The van der Waals surface area contributed by atoms with Gasteiger partial charge >= 0.3 is 6.18 Å². The highest BCUT2D eigenvalue weighted by Crippen LogP contribution is 2.42. The molecule has 0 rings (SSSR count). The number of hydrogen-bond donors (Lipinski definition) is 1. The van der Waals surface area contributed by atoms with Gasteiger partial charge in [-0.15, -0.1) is 0 Å². The van der Waals surface area contributed by atoms with Gasteiger partial charge in [0.1, 0.15) is 0 Å². The maximum atomic E-state index is 11.9. The lowest BCUT2D eigenvalue weighted by Crippen LogP contribution is -2.32. The van der Waals surface area contributed by atoms with E-state index in [0.717, 1.165) is 0 Å². The number of rotatable bonds is 3. The molecule has 11 heavy (non-hydrogen) atoms. The van der Waals surface area contributed by atoms with E-state index < -0.39 is 11.4 Å². The monoisotopic (exact) mass is 178 g/mol. The molecule has 0 atom stereocenters. The average molecular weight is 178 g/mol. The molecule has 0 aliphatic carbocycles. The Hall–Kier alpha value is 0.270. The van der Waals surface area contributed by atoms with E-state index in [1.165, 1.54) is 0 Å². The average Bonchev–Trinajstić information content (AvgIpc) is 1.81. The lowest BCUT2D eigenvalue weighted by molar-refractivity contribution is -0.145. The first-order valence-electron chi connectivity index (χ1n) is 3.06. The molecule has 0 saturated heterocycles. The third-order valence-corrected chi connectivity index (χ3v) is 1.59. The van der Waals surface area contributed by atoms with Crippen molar-refractivity contribution in [2.24, 2.45) is 0 Å². The fourth-order valence-corrected chi connectivity index (χ4v) is 0.671. The highest BCUT2D eigenvalue weighted by molar-refractivity contribution is 7.80. The van der Waals surface area contributed by atoms with Crippen LogP contribution in [0.15, 0.2) is 0 Å². The molecule has 0 heterocycles. The predicted octanol–water partition coefficient (Wildman–Crippen LogP) is 1.71. The molecule has 0 fully saturated rings. The first-order chi connectivity index (χ1) is 4.81. The second-order valence-electron chi connectivity index (χ2n) is 2.37. The minimum absolute atomic E-state index is 0.260. The van der Waals surface area contributed by atoms with Crippen LogP contribution >= 0.6 is 12.6 Å². The van der Waals surface area contributed by atoms with Gasteiger partial charge in [0, 0.05) is 0 Å². The number of alkyl halides is 3. The molecule has 0 unspecified atom stereocenters. The number of halogens is 3. The summed E-state index contributed by atoms with van der Waals surface area (Å²) in [6.07, 6.45) is -4.56. The maximum Gasteiger partial charge on any atom is 0.379 e. The minimum atomic E-state index is -4.53. The lowest BCUT2D eigenvalue weighted by Gasteiger charge is -2.28. The second-order valence-corrected chi connectivity index (χ2v) is 2.81. The molecule has 0 aromatic carbocycles. The number of thiol groups is 1. The van der Waals surface area contributed by atoms with E-state index in [9.17, 15) is 13.2 Å². The minimum Gasteiger partial charge on any atom is -0.179 e. The molecule has 0 N–H and O–H groups in total. The Balaban J connectivity index is 4.00. The number of hydrogen-bond acceptors (Lipinski definition) is 1. The van der Waals surface area contributed by atoms with Gasteiger partial charge in [-0.1, -0.05) is 6.42 Å². The van der Waals surface area contributed by atoms with Crippen LogP contribution in [0.25, 0.3) is 0 Å². The summed E-state index contributed by atoms with van der Waals surface area (Å²) in [5.74, 6) is 0.353. The van der Waals surface area contributed by atoms with E-state index in [-0.39, 0.29) is 12.8 Å². The van der Waals surface area contributed by atoms with Gasteiger partial charge in [0.05, 0.1) is 15.7 Å². The van der Waals surface area contributed by atoms with Gasteiger partial charge in [0.15, 0.2) is 0 Å². The van der Waals surface area contributed by atoms with Crippen LogP contribution in [0.1, 0.15) is 12.8 Å². The first kappa shape index (κ1) is 11.3. The molecule has 4 radical (unpaired) electrons. The Morgan fingerprint density at radius 1 is 1.18 bits per heavy atom. The molecule has 0 amide bonds. The third-order valence-electron chi connectivity index (χ3n) is 1.28. The van der Waals surface area contributed by atoms with Crippen molar-refractivity contribution in [3.8, 4) is 0 Å². The maximum absolute atomic E-state index is 11.9. The summed E-state index contributed by atoms with van der Waals surface area (Å²) in [6, 6.07) is 0. The molecule has 60 valence electrons. The van der Waals surface area contributed by atoms with Crippen molar-refractivity contribution in [3.63, 3.8) is 0 Å². The van der Waals surface area contributed by atoms with Gasteiger partial charge in [0.2, 0.25) is 0 Å². The van der Waals surface area contributed by atoms with Crippen molar-refractivity contribution in [3.05, 3.63) is 0 Å². The Kier molecular flexibility index (Phi) is 3.88. The second kappa shape index (κ2) is 3.78. The Bertz CT molecular complexity index is 123. The molecule has 0 spiro atoms. The molecular formula is C5H7B2F3S. The van der Waals surface area contributed by atoms with Crippen LogP contribution in [0.5, 0.6) is 0 Å². The van der Waals surface area contributed by atoms with E-state index >= 15 is 0 Å². The zero-order valence-electron chi connectivity index (χ0n) is 5.86. The summed E-state index contributed by atoms with van der Waals surface area (Å²) in [4.78, 5) is 0. The SMILES string of the molecule is [B]C([B])(CCCS)C(F)(F)F. The van der Waals surface area contributed by atoms with Gasteiger partial charge in [-0.25, -0.2) is 0 Å². The normalized spacial score (nSPS) is 13.5. The summed E-state index contributed by atoms with van der Waals surface area (Å²) < 4.78 is 35.6. The van der Waals surface area contributed by atoms with E-state index in [1.807, 2.05) is 0 Å². The van der Waals surface area contributed by atoms with Crippen LogP contribution in [-0.2, 0) is 0 Å². The molecule has 0 saturated carbocycles. The topological polar surface area (TPSA) is 0 Å². The Morgan fingerprint density at radius 3 is 1.91 bits per heavy atom. The van der Waals surface area contributed by atoms with Gasteiger partial charge in [-0.05, 0) is 17.4 Å². The Labute approximate surface area is 72.2 Å². The molecule has 0 aromatic heterocycles. The van der Waals surface area contributed by atoms with Crippen LogP contribution in [0.3, 0.4) is 0 Å². The largest absolute Gasteiger partial charge is 0.379 e. The van der Waals surface area contributed by atoms with Crippen LogP contribution in [-0.4, -0.2) is 27.6 Å². The molecule has 0 aromatic rings. The predicted molar refractivity (Wildman–Crippen MR) is 43.3 cm³/mol. The van der Waals surface area contributed by atoms with Gasteiger partial charge in [-0.2, -0.15) is 25.8 Å². The van der Waals surface area contributed by atoms with Crippen molar-refractivity contribution >= 4 is 28.3 Å². The van der Waals surface area contributed by atoms with Crippen molar-refractivity contribution in [2.75, 3.05) is 5.75 Å². The zero-order chi connectivity index (χ0) is 9.12. The van der Waals surface area contributed by atoms with Crippen molar-refractivity contribution in [1.29, 1.82) is 0 Å². The summed E-state index contributed by atoms with van der Waals surface area (Å²) >= 11 is 3.75. The smallest absolute Gasteiger partial charge is 0.179 e. The molecule has 6 heteroatoms. The van der Waals surface area contributed by atoms with E-state index in [4.69, 9.17) is 15.7 Å². The van der Waals surface area contributed by atoms with Gasteiger partial charge in [-0.3, -0.25) is 0 Å². The van der Waals surface area contributed by atoms with Gasteiger partial charge < -0.3 is 0 Å². The summed E-state index contributed by atoms with van der Waals surface area (Å²) in [7, 11) is 9.60. The fraction of sp³-hybridized carbons (Fsp3) is 1.00. The Morgan fingerprint density at radius 2 is 1.64 bits per heavy atom.